The molecule has 5 N–H and O–H groups in total. The van der Waals surface area contributed by atoms with Crippen LogP contribution in [-0.2, 0) is 23.7 Å². The van der Waals surface area contributed by atoms with Crippen molar-refractivity contribution in [2.24, 2.45) is 0 Å². The zero-order valence-electron chi connectivity index (χ0n) is 34.6. The van der Waals surface area contributed by atoms with Crippen molar-refractivity contribution >= 4 is 19.7 Å². The van der Waals surface area contributed by atoms with Gasteiger partial charge in [0.1, 0.15) is 0 Å². The molecule has 1 fully saturated rings. The van der Waals surface area contributed by atoms with Gasteiger partial charge in [-0.15, -0.1) is 0 Å². The molecule has 0 saturated carbocycles. The number of nitrogens with one attached hydrogen (secondary N) is 3. The van der Waals surface area contributed by atoms with E-state index in [-0.39, 0.29) is 61.1 Å². The van der Waals surface area contributed by atoms with Crippen molar-refractivity contribution in [2.75, 3.05) is 12.7 Å². The van der Waals surface area contributed by atoms with Crippen LogP contribution in [0.25, 0.3) is 11.1 Å². The van der Waals surface area contributed by atoms with Crippen molar-refractivity contribution in [1.29, 1.82) is 5.26 Å². The number of hydrogen-bond acceptors (Lipinski definition) is 12. The van der Waals surface area contributed by atoms with E-state index in [1.165, 1.54) is 13.1 Å². The number of aliphatic hydroxyl groups is 1. The molecule has 0 spiro atoms. The Labute approximate surface area is 341 Å². The Morgan fingerprint density at radius 1 is 1.03 bits per heavy atom. The summed E-state index contributed by atoms with van der Waals surface area (Å²) in [7, 11) is -3.89. The zero-order chi connectivity index (χ0) is 42.6. The molecule has 2 heterocycles. The van der Waals surface area contributed by atoms with Crippen LogP contribution in [0.15, 0.2) is 70.4 Å². The first-order chi connectivity index (χ1) is 27.5. The molecule has 0 bridgehead atoms. The first kappa shape index (κ1) is 46.4. The van der Waals surface area contributed by atoms with Gasteiger partial charge in [-0.05, 0) is 29.5 Å². The average Bonchev–Trinajstić information content (AvgIpc) is 3.58. The third kappa shape index (κ3) is 12.6. The van der Waals surface area contributed by atoms with E-state index in [0.29, 0.717) is 19.3 Å². The third-order valence-electron chi connectivity index (χ3n) is 10.4. The number of aryl methyl sites for hydroxylation is 1. The summed E-state index contributed by atoms with van der Waals surface area (Å²) in [6.45, 7) is 13.4. The van der Waals surface area contributed by atoms with Gasteiger partial charge in [0, 0.05) is 6.42 Å². The molecule has 15 nitrogen and oxygen atoms in total. The summed E-state index contributed by atoms with van der Waals surface area (Å²) in [5.41, 5.74) is 4.89. The normalized spacial score (nSPS) is 18.8. The number of carbonyl (C=O) groups excluding carboxylic acids is 2. The number of benzene rings is 2. The number of hydrogen-bond donors (Lipinski definition) is 5. The molecule has 3 aromatic rings. The molecule has 318 valence electrons. The number of amides is 1. The SMILES string of the molecule is Cc1cn([C@H]2C[C@H](O[PH](O)(CCC#N)N(C(C)C)C(C)C)[C@@H](C(O)C(=O)ONCCCCC(C)NC(=O)CC(C)c3ccc(-c4ccccc4)cc3)O2)c(=O)[nH]c1=O. The number of aromatic amines is 1. The molecule has 2 aromatic carbocycles. The van der Waals surface area contributed by atoms with Crippen LogP contribution in [0, 0.1) is 18.3 Å². The molecule has 6 atom stereocenters. The molecular formula is C42H61N6O9P. The Morgan fingerprint density at radius 3 is 2.33 bits per heavy atom. The van der Waals surface area contributed by atoms with Crippen LogP contribution < -0.4 is 22.0 Å². The van der Waals surface area contributed by atoms with E-state index in [1.807, 2.05) is 64.4 Å². The maximum absolute atomic E-state index is 13.2. The number of nitriles is 1. The zero-order valence-corrected chi connectivity index (χ0v) is 35.6. The summed E-state index contributed by atoms with van der Waals surface area (Å²) in [6, 6.07) is 20.1. The van der Waals surface area contributed by atoms with Crippen molar-refractivity contribution in [3.05, 3.63) is 92.8 Å². The molecule has 16 heteroatoms. The average molecular weight is 825 g/mol. The van der Waals surface area contributed by atoms with E-state index < -0.39 is 49.6 Å². The van der Waals surface area contributed by atoms with Crippen molar-refractivity contribution in [2.45, 2.75) is 136 Å². The van der Waals surface area contributed by atoms with Crippen LogP contribution >= 0.6 is 7.87 Å². The second kappa shape index (κ2) is 21.7. The standard InChI is InChI=1S/C42H61N6O9P/c1-27(2)48(28(3)4)58(54,23-13-21-43)57-35-25-37(47-26-30(6)40(51)46-42(47)53)55-39(35)38(50)41(52)56-44-22-12-11-14-31(7)45-36(49)24-29(5)32-17-19-34(20-18-32)33-15-9-8-10-16-33/h8-10,15-20,26-29,31,35,37-39,44,50,54,58H,11-14,22-25H2,1-7H3,(H,45,49)(H,46,51,53)/t29?,31?,35-,37+,38?,39-/m0/s1. The number of H-pyrrole nitrogens is 1. The minimum absolute atomic E-state index is 0.00256. The van der Waals surface area contributed by atoms with E-state index in [2.05, 4.69) is 58.2 Å². The summed E-state index contributed by atoms with van der Waals surface area (Å²) in [5, 5.41) is 23.7. The first-order valence-electron chi connectivity index (χ1n) is 20.1. The Morgan fingerprint density at radius 2 is 1.69 bits per heavy atom. The van der Waals surface area contributed by atoms with Gasteiger partial charge in [0.25, 0.3) is 0 Å². The topological polar surface area (TPSA) is 208 Å². The predicted octanol–water partition coefficient (Wildman–Crippen LogP) is 4.98. The van der Waals surface area contributed by atoms with Crippen LogP contribution in [0.2, 0.25) is 0 Å². The monoisotopic (exact) mass is 824 g/mol. The fourth-order valence-corrected chi connectivity index (χ4v) is 10.8. The Kier molecular flexibility index (Phi) is 17.3. The maximum atomic E-state index is 13.2. The van der Waals surface area contributed by atoms with Gasteiger partial charge in [0.2, 0.25) is 5.91 Å². The number of hydroxylamine groups is 1. The fraction of sp³-hybridized carbons (Fsp3) is 0.548. The van der Waals surface area contributed by atoms with E-state index in [0.717, 1.165) is 27.7 Å². The Bertz CT molecular complexity index is 1940. The number of aliphatic hydroxyl groups excluding tert-OH is 1. The van der Waals surface area contributed by atoms with Crippen molar-refractivity contribution < 1.29 is 33.7 Å². The van der Waals surface area contributed by atoms with Gasteiger partial charge in [-0.25, -0.2) is 0 Å². The molecule has 1 aliphatic rings. The van der Waals surface area contributed by atoms with Crippen LogP contribution in [0.5, 0.6) is 0 Å². The molecule has 1 saturated heterocycles. The molecule has 1 aromatic heterocycles. The molecule has 0 radical (unpaired) electrons. The summed E-state index contributed by atoms with van der Waals surface area (Å²) < 4.78 is 15.5. The molecule has 0 aliphatic carbocycles. The van der Waals surface area contributed by atoms with Crippen molar-refractivity contribution in [1.82, 2.24) is 25.0 Å². The molecule has 58 heavy (non-hydrogen) atoms. The van der Waals surface area contributed by atoms with E-state index in [9.17, 15) is 34.4 Å². The van der Waals surface area contributed by atoms with Crippen molar-refractivity contribution in [3.63, 3.8) is 0 Å². The molecule has 1 amide bonds. The first-order valence-corrected chi connectivity index (χ1v) is 22.1. The van der Waals surface area contributed by atoms with Gasteiger partial charge < -0.3 is 5.32 Å². The van der Waals surface area contributed by atoms with Gasteiger partial charge in [-0.3, -0.25) is 4.79 Å². The quantitative estimate of drug-likeness (QED) is 0.0548. The van der Waals surface area contributed by atoms with E-state index in [4.69, 9.17) is 14.1 Å². The van der Waals surface area contributed by atoms with Crippen LogP contribution in [-0.4, -0.2) is 85.2 Å². The second-order valence-electron chi connectivity index (χ2n) is 15.7. The Balaban J connectivity index is 1.29. The minimum atomic E-state index is -3.89. The Hall–Kier alpha value is -4.26. The second-order valence-corrected chi connectivity index (χ2v) is 18.5. The van der Waals surface area contributed by atoms with Gasteiger partial charge in [-0.2, -0.15) is 0 Å². The summed E-state index contributed by atoms with van der Waals surface area (Å²) in [4.78, 5) is 70.3. The van der Waals surface area contributed by atoms with Crippen molar-refractivity contribution in [3.8, 4) is 17.2 Å². The van der Waals surface area contributed by atoms with E-state index >= 15 is 0 Å². The number of aromatic nitrogens is 2. The molecule has 1 aliphatic heterocycles. The fourth-order valence-electron chi connectivity index (χ4n) is 7.54. The third-order valence-corrected chi connectivity index (χ3v) is 13.8. The van der Waals surface area contributed by atoms with Gasteiger partial charge in [0.15, 0.2) is 0 Å². The van der Waals surface area contributed by atoms with Crippen LogP contribution in [0.3, 0.4) is 0 Å². The number of ether oxygens (including phenoxy) is 1. The number of nitrogens with zero attached hydrogens (tertiary/aromatic N) is 3. The summed E-state index contributed by atoms with van der Waals surface area (Å²) >= 11 is 0. The van der Waals surface area contributed by atoms with Crippen LogP contribution in [0.4, 0.5) is 0 Å². The molecule has 3 unspecified atom stereocenters. The molecule has 4 rings (SSSR count). The summed E-state index contributed by atoms with van der Waals surface area (Å²) in [5.74, 6) is -1.03. The van der Waals surface area contributed by atoms with Gasteiger partial charge >= 0.3 is 228 Å². The predicted molar refractivity (Wildman–Crippen MR) is 224 cm³/mol. The van der Waals surface area contributed by atoms with E-state index in [1.54, 1.807) is 0 Å². The van der Waals surface area contributed by atoms with Crippen LogP contribution in [0.1, 0.15) is 103 Å². The number of rotatable bonds is 21. The van der Waals surface area contributed by atoms with Gasteiger partial charge in [0.05, 0.1) is 0 Å². The van der Waals surface area contributed by atoms with Gasteiger partial charge in [-0.1, -0.05) is 61.5 Å². The molecular weight excluding hydrogens is 763 g/mol. The summed E-state index contributed by atoms with van der Waals surface area (Å²) in [6.07, 6.45) is -1.74. The number of unbranched alkanes of at least 4 members (excludes halogenated alkanes) is 1. The number of carbonyl (C=O) groups is 2.